The summed E-state index contributed by atoms with van der Waals surface area (Å²) < 4.78 is 15.7. The number of cyclic esters (lactones) is 1. The minimum atomic E-state index is -0.534. The van der Waals surface area contributed by atoms with Gasteiger partial charge >= 0.3 is 6.16 Å². The molecule has 2 aliphatic heterocycles. The van der Waals surface area contributed by atoms with E-state index in [4.69, 9.17) is 14.0 Å². The molecule has 0 radical (unpaired) electrons. The molecule has 1 spiro atoms. The van der Waals surface area contributed by atoms with E-state index in [0.717, 1.165) is 37.6 Å². The molecule has 3 heterocycles. The number of ether oxygens (including phenoxy) is 2. The van der Waals surface area contributed by atoms with E-state index in [-0.39, 0.29) is 0 Å². The van der Waals surface area contributed by atoms with E-state index in [2.05, 4.69) is 15.0 Å². The monoisotopic (exact) mass is 307 g/mol. The highest BCUT2D eigenvalue weighted by Crippen LogP contribution is 2.34. The van der Waals surface area contributed by atoms with Crippen molar-refractivity contribution in [3.05, 3.63) is 11.7 Å². The van der Waals surface area contributed by atoms with Crippen molar-refractivity contribution in [1.29, 1.82) is 0 Å². The maximum Gasteiger partial charge on any atom is 0.509 e. The van der Waals surface area contributed by atoms with E-state index >= 15 is 0 Å². The van der Waals surface area contributed by atoms with Crippen molar-refractivity contribution in [3.8, 4) is 0 Å². The van der Waals surface area contributed by atoms with Crippen molar-refractivity contribution in [2.45, 2.75) is 56.6 Å². The number of carbonyl (C=O) groups excluding carboxylic acids is 1. The number of nitrogens with zero attached hydrogens (tertiary/aromatic N) is 3. The summed E-state index contributed by atoms with van der Waals surface area (Å²) in [5, 5.41) is 4.12. The number of carbonyl (C=O) groups is 1. The summed E-state index contributed by atoms with van der Waals surface area (Å²) in [6.07, 6.45) is 5.92. The fraction of sp³-hybridized carbons (Fsp3) is 0.800. The van der Waals surface area contributed by atoms with Crippen LogP contribution in [0.3, 0.4) is 0 Å². The second-order valence-corrected chi connectivity index (χ2v) is 6.63. The molecule has 0 unspecified atom stereocenters. The molecule has 7 nitrogen and oxygen atoms in total. The van der Waals surface area contributed by atoms with Crippen LogP contribution in [0.1, 0.15) is 56.2 Å². The van der Waals surface area contributed by atoms with E-state index in [1.807, 2.05) is 0 Å². The van der Waals surface area contributed by atoms with Crippen LogP contribution in [0.5, 0.6) is 0 Å². The fourth-order valence-corrected chi connectivity index (χ4v) is 3.66. The molecule has 0 amide bonds. The lowest BCUT2D eigenvalue weighted by Crippen LogP contribution is -2.45. The topological polar surface area (TPSA) is 77.7 Å². The van der Waals surface area contributed by atoms with E-state index in [9.17, 15) is 4.79 Å². The van der Waals surface area contributed by atoms with Crippen LogP contribution >= 0.6 is 0 Å². The van der Waals surface area contributed by atoms with Crippen LogP contribution in [0.2, 0.25) is 0 Å². The van der Waals surface area contributed by atoms with Crippen molar-refractivity contribution >= 4 is 6.16 Å². The third kappa shape index (κ3) is 2.69. The molecule has 2 saturated heterocycles. The molecule has 1 aromatic heterocycles. The average molecular weight is 307 g/mol. The highest BCUT2D eigenvalue weighted by atomic mass is 16.8. The van der Waals surface area contributed by atoms with Gasteiger partial charge in [-0.1, -0.05) is 18.0 Å². The highest BCUT2D eigenvalue weighted by molar-refractivity contribution is 5.62. The summed E-state index contributed by atoms with van der Waals surface area (Å²) >= 11 is 0. The molecule has 3 aliphatic rings. The Morgan fingerprint density at radius 1 is 1.23 bits per heavy atom. The predicted octanol–water partition coefficient (Wildman–Crippen LogP) is 2.23. The molecular formula is C15H21N3O4. The Kier molecular flexibility index (Phi) is 3.52. The summed E-state index contributed by atoms with van der Waals surface area (Å²) in [7, 11) is 0. The van der Waals surface area contributed by atoms with Crippen LogP contribution in [-0.4, -0.2) is 46.5 Å². The quantitative estimate of drug-likeness (QED) is 0.792. The maximum atomic E-state index is 11.1. The SMILES string of the molecule is O=C1OCC2(CCN(Cc3noc(C4CCCC4)n3)CC2)O1. The van der Waals surface area contributed by atoms with Crippen LogP contribution in [0.4, 0.5) is 4.79 Å². The lowest BCUT2D eigenvalue weighted by atomic mass is 9.92. The van der Waals surface area contributed by atoms with Gasteiger partial charge in [0.05, 0.1) is 6.54 Å². The first-order valence-electron chi connectivity index (χ1n) is 8.13. The first kappa shape index (κ1) is 14.0. The molecule has 0 N–H and O–H groups in total. The van der Waals surface area contributed by atoms with Gasteiger partial charge in [-0.15, -0.1) is 0 Å². The smallest absolute Gasteiger partial charge is 0.430 e. The van der Waals surface area contributed by atoms with Crippen molar-refractivity contribution < 1.29 is 18.8 Å². The minimum Gasteiger partial charge on any atom is -0.430 e. The van der Waals surface area contributed by atoms with Crippen molar-refractivity contribution in [3.63, 3.8) is 0 Å². The van der Waals surface area contributed by atoms with E-state index in [1.54, 1.807) is 0 Å². The van der Waals surface area contributed by atoms with Crippen LogP contribution < -0.4 is 0 Å². The zero-order chi connectivity index (χ0) is 15.0. The lowest BCUT2D eigenvalue weighted by molar-refractivity contribution is -0.00231. The molecule has 7 heteroatoms. The maximum absolute atomic E-state index is 11.1. The van der Waals surface area contributed by atoms with E-state index in [0.29, 0.717) is 19.1 Å². The van der Waals surface area contributed by atoms with Crippen molar-refractivity contribution in [1.82, 2.24) is 15.0 Å². The number of hydrogen-bond donors (Lipinski definition) is 0. The number of likely N-dealkylation sites (tertiary alicyclic amines) is 1. The normalized spacial score (nSPS) is 25.5. The summed E-state index contributed by atoms with van der Waals surface area (Å²) in [4.78, 5) is 18.0. The largest absolute Gasteiger partial charge is 0.509 e. The highest BCUT2D eigenvalue weighted by Gasteiger charge is 2.44. The van der Waals surface area contributed by atoms with Gasteiger partial charge in [-0.2, -0.15) is 4.98 Å². The standard InChI is InChI=1S/C15H21N3O4/c19-14-20-10-15(21-14)5-7-18(8-6-15)9-12-16-13(22-17-12)11-3-1-2-4-11/h11H,1-10H2. The first-order valence-corrected chi connectivity index (χ1v) is 8.13. The molecule has 1 aromatic rings. The number of aromatic nitrogens is 2. The Labute approximate surface area is 128 Å². The van der Waals surface area contributed by atoms with Gasteiger partial charge in [0.15, 0.2) is 11.4 Å². The third-order valence-electron chi connectivity index (χ3n) is 5.07. The molecule has 4 rings (SSSR count). The van der Waals surface area contributed by atoms with Crippen LogP contribution in [0.15, 0.2) is 4.52 Å². The molecule has 22 heavy (non-hydrogen) atoms. The lowest BCUT2D eigenvalue weighted by Gasteiger charge is -2.35. The van der Waals surface area contributed by atoms with Crippen LogP contribution in [0.25, 0.3) is 0 Å². The Balaban J connectivity index is 1.32. The molecule has 120 valence electrons. The second kappa shape index (κ2) is 5.53. The minimum absolute atomic E-state index is 0.383. The fourth-order valence-electron chi connectivity index (χ4n) is 3.66. The van der Waals surface area contributed by atoms with E-state index in [1.165, 1.54) is 25.7 Å². The van der Waals surface area contributed by atoms with Gasteiger partial charge in [-0.05, 0) is 12.8 Å². The molecule has 0 aromatic carbocycles. The number of piperidine rings is 1. The molecule has 0 atom stereocenters. The third-order valence-corrected chi connectivity index (χ3v) is 5.07. The van der Waals surface area contributed by atoms with Gasteiger partial charge in [-0.3, -0.25) is 4.90 Å². The number of rotatable bonds is 3. The van der Waals surface area contributed by atoms with Gasteiger partial charge < -0.3 is 14.0 Å². The molecule has 1 aliphatic carbocycles. The second-order valence-electron chi connectivity index (χ2n) is 6.63. The Hall–Kier alpha value is -1.63. The molecule has 3 fully saturated rings. The Morgan fingerprint density at radius 3 is 2.68 bits per heavy atom. The van der Waals surface area contributed by atoms with E-state index < -0.39 is 11.8 Å². The summed E-state index contributed by atoms with van der Waals surface area (Å²) in [6.45, 7) is 2.78. The first-order chi connectivity index (χ1) is 10.7. The van der Waals surface area contributed by atoms with Crippen LogP contribution in [0, 0.1) is 0 Å². The molecular weight excluding hydrogens is 286 g/mol. The van der Waals surface area contributed by atoms with Crippen molar-refractivity contribution in [2.24, 2.45) is 0 Å². The van der Waals surface area contributed by atoms with Gasteiger partial charge in [-0.25, -0.2) is 4.79 Å². The summed E-state index contributed by atoms with van der Waals surface area (Å²) in [5.41, 5.74) is -0.403. The van der Waals surface area contributed by atoms with Gasteiger partial charge in [0, 0.05) is 31.8 Å². The van der Waals surface area contributed by atoms with Crippen molar-refractivity contribution in [2.75, 3.05) is 19.7 Å². The van der Waals surface area contributed by atoms with Gasteiger partial charge in [0.25, 0.3) is 0 Å². The predicted molar refractivity (Wildman–Crippen MR) is 75.2 cm³/mol. The summed E-state index contributed by atoms with van der Waals surface area (Å²) in [6, 6.07) is 0. The molecule has 1 saturated carbocycles. The average Bonchev–Trinajstić information content (AvgIpc) is 3.24. The van der Waals surface area contributed by atoms with Gasteiger partial charge in [0.1, 0.15) is 6.61 Å². The zero-order valence-electron chi connectivity index (χ0n) is 12.6. The zero-order valence-corrected chi connectivity index (χ0v) is 12.6. The van der Waals surface area contributed by atoms with Gasteiger partial charge in [0.2, 0.25) is 5.89 Å². The van der Waals surface area contributed by atoms with Crippen LogP contribution in [-0.2, 0) is 16.0 Å². The Bertz CT molecular complexity index is 545. The summed E-state index contributed by atoms with van der Waals surface area (Å²) in [5.74, 6) is 2.03. The Morgan fingerprint density at radius 2 is 2.00 bits per heavy atom. The number of hydrogen-bond acceptors (Lipinski definition) is 7. The molecule has 0 bridgehead atoms.